The van der Waals surface area contributed by atoms with Crippen LogP contribution >= 0.6 is 0 Å². The van der Waals surface area contributed by atoms with Crippen LogP contribution in [0, 0.1) is 17.3 Å². The van der Waals surface area contributed by atoms with Crippen LogP contribution < -0.4 is 5.32 Å². The Morgan fingerprint density at radius 1 is 1.29 bits per heavy atom. The smallest absolute Gasteiger partial charge is 0.0537 e. The molecule has 0 saturated carbocycles. The molecule has 0 aromatic rings. The zero-order valence-electron chi connectivity index (χ0n) is 12.2. The van der Waals surface area contributed by atoms with E-state index in [1.807, 2.05) is 0 Å². The summed E-state index contributed by atoms with van der Waals surface area (Å²) in [6.45, 7) is 13.4. The van der Waals surface area contributed by atoms with Crippen molar-refractivity contribution >= 4 is 0 Å². The van der Waals surface area contributed by atoms with E-state index in [0.717, 1.165) is 38.1 Å². The normalized spacial score (nSPS) is 27.4. The Labute approximate surface area is 108 Å². The third-order valence-electron chi connectivity index (χ3n) is 4.15. The molecular formula is C15H31NO. The van der Waals surface area contributed by atoms with Crippen molar-refractivity contribution in [2.75, 3.05) is 26.3 Å². The first-order valence-electron chi connectivity index (χ1n) is 7.39. The minimum Gasteiger partial charge on any atom is -0.381 e. The van der Waals surface area contributed by atoms with Crippen LogP contribution in [-0.4, -0.2) is 26.3 Å². The van der Waals surface area contributed by atoms with E-state index in [4.69, 9.17) is 4.74 Å². The lowest BCUT2D eigenvalue weighted by Gasteiger charge is -2.42. The highest BCUT2D eigenvalue weighted by atomic mass is 16.5. The second kappa shape index (κ2) is 7.38. The second-order valence-electron chi connectivity index (χ2n) is 6.23. The fourth-order valence-corrected chi connectivity index (χ4v) is 2.93. The average Bonchev–Trinajstić information content (AvgIpc) is 2.30. The predicted octanol–water partition coefficient (Wildman–Crippen LogP) is 3.47. The van der Waals surface area contributed by atoms with Gasteiger partial charge in [0, 0.05) is 18.6 Å². The molecule has 2 unspecified atom stereocenters. The predicted molar refractivity (Wildman–Crippen MR) is 74.3 cm³/mol. The van der Waals surface area contributed by atoms with Crippen LogP contribution in [0.4, 0.5) is 0 Å². The summed E-state index contributed by atoms with van der Waals surface area (Å²) in [4.78, 5) is 0. The fourth-order valence-electron chi connectivity index (χ4n) is 2.93. The molecule has 2 heteroatoms. The number of hydrogen-bond acceptors (Lipinski definition) is 2. The molecule has 2 atom stereocenters. The van der Waals surface area contributed by atoms with Crippen LogP contribution in [0.15, 0.2) is 0 Å². The first-order valence-corrected chi connectivity index (χ1v) is 7.39. The van der Waals surface area contributed by atoms with E-state index in [1.54, 1.807) is 0 Å². The van der Waals surface area contributed by atoms with Crippen LogP contribution in [0.1, 0.15) is 53.4 Å². The van der Waals surface area contributed by atoms with Gasteiger partial charge in [-0.05, 0) is 31.2 Å². The Morgan fingerprint density at radius 2 is 2.06 bits per heavy atom. The van der Waals surface area contributed by atoms with Gasteiger partial charge in [-0.25, -0.2) is 0 Å². The highest BCUT2D eigenvalue weighted by Gasteiger charge is 2.37. The molecule has 17 heavy (non-hydrogen) atoms. The second-order valence-corrected chi connectivity index (χ2v) is 6.23. The monoisotopic (exact) mass is 241 g/mol. The number of nitrogens with one attached hydrogen (secondary N) is 1. The van der Waals surface area contributed by atoms with Gasteiger partial charge in [0.25, 0.3) is 0 Å². The summed E-state index contributed by atoms with van der Waals surface area (Å²) in [5.41, 5.74) is 0.392. The van der Waals surface area contributed by atoms with Crippen molar-refractivity contribution in [2.24, 2.45) is 17.3 Å². The van der Waals surface area contributed by atoms with E-state index in [0.29, 0.717) is 5.41 Å². The zero-order chi connectivity index (χ0) is 12.7. The van der Waals surface area contributed by atoms with Crippen molar-refractivity contribution in [2.45, 2.75) is 53.4 Å². The molecule has 0 bridgehead atoms. The Morgan fingerprint density at radius 3 is 2.59 bits per heavy atom. The van der Waals surface area contributed by atoms with Gasteiger partial charge in [-0.2, -0.15) is 0 Å². The Balaban J connectivity index is 2.51. The van der Waals surface area contributed by atoms with Gasteiger partial charge in [0.2, 0.25) is 0 Å². The maximum Gasteiger partial charge on any atom is 0.0537 e. The largest absolute Gasteiger partial charge is 0.381 e. The minimum atomic E-state index is 0.392. The van der Waals surface area contributed by atoms with Gasteiger partial charge in [0.05, 0.1) is 6.61 Å². The topological polar surface area (TPSA) is 21.3 Å². The quantitative estimate of drug-likeness (QED) is 0.737. The molecule has 0 aromatic heterocycles. The van der Waals surface area contributed by atoms with Crippen molar-refractivity contribution < 1.29 is 4.74 Å². The van der Waals surface area contributed by atoms with Crippen LogP contribution in [0.25, 0.3) is 0 Å². The fraction of sp³-hybridized carbons (Fsp3) is 1.00. The third kappa shape index (κ3) is 4.59. The van der Waals surface area contributed by atoms with Crippen LogP contribution in [0.5, 0.6) is 0 Å². The summed E-state index contributed by atoms with van der Waals surface area (Å²) in [6.07, 6.45) is 5.18. The molecule has 0 spiro atoms. The van der Waals surface area contributed by atoms with Crippen LogP contribution in [-0.2, 0) is 4.74 Å². The van der Waals surface area contributed by atoms with E-state index in [2.05, 4.69) is 33.0 Å². The lowest BCUT2D eigenvalue weighted by atomic mass is 9.70. The van der Waals surface area contributed by atoms with Gasteiger partial charge in [0.1, 0.15) is 0 Å². The van der Waals surface area contributed by atoms with Gasteiger partial charge in [-0.15, -0.1) is 0 Å². The average molecular weight is 241 g/mol. The molecular weight excluding hydrogens is 210 g/mol. The van der Waals surface area contributed by atoms with Crippen molar-refractivity contribution in [3.05, 3.63) is 0 Å². The molecule has 0 radical (unpaired) electrons. The van der Waals surface area contributed by atoms with Gasteiger partial charge >= 0.3 is 0 Å². The summed E-state index contributed by atoms with van der Waals surface area (Å²) >= 11 is 0. The summed E-state index contributed by atoms with van der Waals surface area (Å²) in [6, 6.07) is 0. The van der Waals surface area contributed by atoms with Gasteiger partial charge in [0.15, 0.2) is 0 Å². The number of hydrogen-bond donors (Lipinski definition) is 1. The van der Waals surface area contributed by atoms with Crippen molar-refractivity contribution in [1.29, 1.82) is 0 Å². The van der Waals surface area contributed by atoms with E-state index >= 15 is 0 Å². The Hall–Kier alpha value is -0.0800. The zero-order valence-corrected chi connectivity index (χ0v) is 12.2. The standard InChI is InChI=1S/C15H31NO/c1-5-7-14(4)15(8-6-9-17-12-15)11-16-10-13(2)3/h13-14,16H,5-12H2,1-4H3. The van der Waals surface area contributed by atoms with Gasteiger partial charge < -0.3 is 10.1 Å². The number of ether oxygens (including phenoxy) is 1. The summed E-state index contributed by atoms with van der Waals surface area (Å²) < 4.78 is 5.77. The molecule has 0 amide bonds. The van der Waals surface area contributed by atoms with Crippen molar-refractivity contribution in [3.8, 4) is 0 Å². The SMILES string of the molecule is CCCC(C)C1(CNCC(C)C)CCCOC1. The summed E-state index contributed by atoms with van der Waals surface area (Å²) in [5.74, 6) is 1.51. The number of rotatable bonds is 7. The maximum atomic E-state index is 5.77. The van der Waals surface area contributed by atoms with Crippen LogP contribution in [0.3, 0.4) is 0 Å². The highest BCUT2D eigenvalue weighted by Crippen LogP contribution is 2.38. The highest BCUT2D eigenvalue weighted by molar-refractivity contribution is 4.88. The first-order chi connectivity index (χ1) is 8.10. The molecule has 1 aliphatic heterocycles. The molecule has 2 nitrogen and oxygen atoms in total. The van der Waals surface area contributed by atoms with E-state index in [9.17, 15) is 0 Å². The Kier molecular flexibility index (Phi) is 6.50. The van der Waals surface area contributed by atoms with E-state index in [-0.39, 0.29) is 0 Å². The molecule has 0 aliphatic carbocycles. The first kappa shape index (κ1) is 15.0. The van der Waals surface area contributed by atoms with Gasteiger partial charge in [-0.3, -0.25) is 0 Å². The van der Waals surface area contributed by atoms with E-state index < -0.39 is 0 Å². The van der Waals surface area contributed by atoms with Crippen molar-refractivity contribution in [1.82, 2.24) is 5.32 Å². The van der Waals surface area contributed by atoms with E-state index in [1.165, 1.54) is 25.7 Å². The molecule has 1 rings (SSSR count). The summed E-state index contributed by atoms with van der Waals surface area (Å²) in [5, 5.41) is 3.65. The van der Waals surface area contributed by atoms with Crippen LogP contribution in [0.2, 0.25) is 0 Å². The molecule has 1 saturated heterocycles. The van der Waals surface area contributed by atoms with Crippen molar-refractivity contribution in [3.63, 3.8) is 0 Å². The maximum absolute atomic E-state index is 5.77. The molecule has 1 N–H and O–H groups in total. The molecule has 1 fully saturated rings. The molecule has 0 aromatic carbocycles. The minimum absolute atomic E-state index is 0.392. The lowest BCUT2D eigenvalue weighted by molar-refractivity contribution is -0.0398. The Bertz CT molecular complexity index is 197. The molecule has 102 valence electrons. The molecule has 1 aliphatic rings. The van der Waals surface area contributed by atoms with Gasteiger partial charge in [-0.1, -0.05) is 40.5 Å². The third-order valence-corrected chi connectivity index (χ3v) is 4.15. The summed E-state index contributed by atoms with van der Waals surface area (Å²) in [7, 11) is 0. The molecule has 1 heterocycles. The lowest BCUT2D eigenvalue weighted by Crippen LogP contribution is -2.46.